The molecule has 0 fully saturated rings. The molecular weight excluding hydrogens is 555 g/mol. The number of pyridine rings is 1. The molecule has 210 valence electrons. The quantitative estimate of drug-likeness (QED) is 0.206. The van der Waals surface area contributed by atoms with E-state index in [-0.39, 0.29) is 17.6 Å². The van der Waals surface area contributed by atoms with Crippen LogP contribution in [0, 0.1) is 6.92 Å². The smallest absolute Gasteiger partial charge is 0.338 e. The normalized spacial score (nSPS) is 11.2. The Hall–Kier alpha value is -3.98. The minimum Gasteiger partial charge on any atom is -0.870 e. The number of ether oxygens (including phenoxy) is 3. The summed E-state index contributed by atoms with van der Waals surface area (Å²) in [6, 6.07) is 17.8. The minimum absolute atomic E-state index is 0. The van der Waals surface area contributed by atoms with Crippen molar-refractivity contribution in [2.75, 3.05) is 19.5 Å². The van der Waals surface area contributed by atoms with Gasteiger partial charge in [0.15, 0.2) is 23.9 Å². The lowest BCUT2D eigenvalue weighted by molar-refractivity contribution is -0.377. The molecule has 0 amide bonds. The molecule has 0 saturated carbocycles. The van der Waals surface area contributed by atoms with Gasteiger partial charge >= 0.3 is 5.97 Å². The van der Waals surface area contributed by atoms with E-state index in [9.17, 15) is 9.90 Å². The number of hydrogen-bond donors (Lipinski definition) is 2. The molecule has 4 N–H and O–H groups in total. The first-order valence-electron chi connectivity index (χ1n) is 12.2. The number of hydrogen-bond acceptors (Lipinski definition) is 7. The lowest BCUT2D eigenvalue weighted by Gasteiger charge is -2.20. The van der Waals surface area contributed by atoms with Crippen LogP contribution in [-0.2, 0) is 17.7 Å². The summed E-state index contributed by atoms with van der Waals surface area (Å²) in [6.45, 7) is 2.44. The van der Waals surface area contributed by atoms with Crippen LogP contribution in [-0.4, -0.2) is 30.8 Å². The lowest BCUT2D eigenvalue weighted by Crippen LogP contribution is -2.16. The van der Waals surface area contributed by atoms with E-state index in [1.165, 1.54) is 0 Å². The first-order chi connectivity index (χ1) is 18.8. The van der Waals surface area contributed by atoms with E-state index < -0.39 is 12.1 Å². The number of anilines is 1. The Labute approximate surface area is 242 Å². The van der Waals surface area contributed by atoms with Crippen molar-refractivity contribution in [1.82, 2.24) is 0 Å². The van der Waals surface area contributed by atoms with Gasteiger partial charge in [-0.1, -0.05) is 41.4 Å². The van der Waals surface area contributed by atoms with Crippen molar-refractivity contribution in [1.29, 1.82) is 0 Å². The second kappa shape index (κ2) is 13.9. The molecule has 0 unspecified atom stereocenters. The van der Waals surface area contributed by atoms with Gasteiger partial charge in [-0.3, -0.25) is 0 Å². The summed E-state index contributed by atoms with van der Waals surface area (Å²) in [4.78, 5) is 16.1. The van der Waals surface area contributed by atoms with Gasteiger partial charge in [0.05, 0.1) is 19.8 Å². The van der Waals surface area contributed by atoms with Gasteiger partial charge in [-0.15, -0.1) is 0 Å². The van der Waals surface area contributed by atoms with Gasteiger partial charge in [0.25, 0.3) is 0 Å². The minimum atomic E-state index is -0.704. The average Bonchev–Trinajstić information content (AvgIpc) is 2.92. The number of aryl methyl sites for hydroxylation is 1. The molecule has 0 aliphatic rings. The molecule has 0 bridgehead atoms. The summed E-state index contributed by atoms with van der Waals surface area (Å²) < 4.78 is 16.8. The number of aromatic amines is 1. The third-order valence-electron chi connectivity index (χ3n) is 6.16. The molecule has 1 heterocycles. The van der Waals surface area contributed by atoms with Gasteiger partial charge in [0.1, 0.15) is 21.9 Å². The molecule has 4 aromatic rings. The molecule has 1 aromatic heterocycles. The van der Waals surface area contributed by atoms with Gasteiger partial charge in [0.2, 0.25) is 0 Å². The Kier molecular flexibility index (Phi) is 10.6. The number of carbonyl (C=O) groups excluding carboxylic acids is 1. The molecule has 0 saturated heterocycles. The molecule has 0 spiro atoms. The van der Waals surface area contributed by atoms with Crippen molar-refractivity contribution < 1.29 is 34.6 Å². The summed E-state index contributed by atoms with van der Waals surface area (Å²) in [7, 11) is 3.10. The Balaban J connectivity index is 0.00000441. The third kappa shape index (κ3) is 7.57. The predicted molar refractivity (Wildman–Crippen MR) is 153 cm³/mol. The molecular formula is C30H30Cl2N2O6. The van der Waals surface area contributed by atoms with E-state index in [1.54, 1.807) is 63.0 Å². The average molecular weight is 585 g/mol. The van der Waals surface area contributed by atoms with Crippen LogP contribution >= 0.6 is 23.2 Å². The summed E-state index contributed by atoms with van der Waals surface area (Å²) >= 11 is 12.8. The number of phenolic OH excluding ortho intramolecular Hbond substituents is 1. The molecule has 8 nitrogen and oxygen atoms in total. The molecule has 0 aliphatic carbocycles. The number of phenols is 1. The molecule has 4 rings (SSSR count). The highest BCUT2D eigenvalue weighted by Gasteiger charge is 2.24. The van der Waals surface area contributed by atoms with E-state index in [0.29, 0.717) is 44.8 Å². The molecule has 1 atom stereocenters. The molecule has 3 aromatic carbocycles. The number of rotatable bonds is 10. The zero-order valence-corrected chi connectivity index (χ0v) is 23.7. The van der Waals surface area contributed by atoms with E-state index in [4.69, 9.17) is 37.4 Å². The third-order valence-corrected chi connectivity index (χ3v) is 6.84. The molecule has 0 radical (unpaired) electrons. The number of benzene rings is 3. The van der Waals surface area contributed by atoms with Crippen molar-refractivity contribution in [3.8, 4) is 17.2 Å². The molecule has 40 heavy (non-hydrogen) atoms. The lowest BCUT2D eigenvalue weighted by atomic mass is 10.0. The Morgan fingerprint density at radius 2 is 1.62 bits per heavy atom. The molecule has 0 aliphatic heterocycles. The van der Waals surface area contributed by atoms with Crippen LogP contribution in [0.3, 0.4) is 0 Å². The number of carbonyl (C=O) groups is 1. The Morgan fingerprint density at radius 1 is 0.950 bits per heavy atom. The van der Waals surface area contributed by atoms with E-state index in [2.05, 4.69) is 10.3 Å². The van der Waals surface area contributed by atoms with Crippen molar-refractivity contribution in [3.05, 3.63) is 111 Å². The Morgan fingerprint density at radius 3 is 2.25 bits per heavy atom. The van der Waals surface area contributed by atoms with E-state index in [0.717, 1.165) is 16.8 Å². The number of aromatic nitrogens is 1. The first-order valence-corrected chi connectivity index (χ1v) is 12.9. The second-order valence-electron chi connectivity index (χ2n) is 8.95. The topological polar surface area (TPSA) is 121 Å². The molecule has 10 heteroatoms. The Bertz CT molecular complexity index is 1420. The monoisotopic (exact) mass is 584 g/mol. The van der Waals surface area contributed by atoms with Gasteiger partial charge in [0, 0.05) is 30.3 Å². The largest absolute Gasteiger partial charge is 0.870 e. The van der Waals surface area contributed by atoms with Crippen LogP contribution in [0.1, 0.15) is 38.7 Å². The highest BCUT2D eigenvalue weighted by atomic mass is 35.5. The van der Waals surface area contributed by atoms with Crippen molar-refractivity contribution in [2.24, 2.45) is 0 Å². The SMILES string of the molecule is COc1ccc([C@H](Cc2c(Cl)c[nH+]cc2Cl)OC(=O)c2ccc(CNc3cc(C)cc(O)c3)cc2)cc1OC.[OH-]. The standard InChI is InChI=1S/C30H28Cl2N2O5.H2O/c1-18-10-22(13-23(35)11-18)34-15-19-4-6-20(7-5-19)30(36)39-28(14-24-25(31)16-33-17-26(24)32)21-8-9-27(37-2)29(12-21)38-3;/h4-13,16-17,28,34-35H,14-15H2,1-3H3;1H2/t28-;/m0./s1. The number of esters is 1. The number of methoxy groups -OCH3 is 2. The maximum Gasteiger partial charge on any atom is 0.338 e. The fourth-order valence-corrected chi connectivity index (χ4v) is 4.69. The highest BCUT2D eigenvalue weighted by Crippen LogP contribution is 2.35. The fraction of sp³-hybridized carbons (Fsp3) is 0.200. The fourth-order valence-electron chi connectivity index (χ4n) is 4.16. The summed E-state index contributed by atoms with van der Waals surface area (Å²) in [5, 5.41) is 13.9. The van der Waals surface area contributed by atoms with Crippen LogP contribution in [0.4, 0.5) is 5.69 Å². The zero-order valence-electron chi connectivity index (χ0n) is 22.2. The summed E-state index contributed by atoms with van der Waals surface area (Å²) in [5.41, 5.74) is 4.47. The van der Waals surface area contributed by atoms with Crippen LogP contribution in [0.25, 0.3) is 0 Å². The van der Waals surface area contributed by atoms with Gasteiger partial charge in [-0.05, 0) is 60.0 Å². The summed E-state index contributed by atoms with van der Waals surface area (Å²) in [5.74, 6) is 0.777. The van der Waals surface area contributed by atoms with Crippen LogP contribution < -0.4 is 19.8 Å². The van der Waals surface area contributed by atoms with Crippen LogP contribution in [0.5, 0.6) is 17.2 Å². The first kappa shape index (κ1) is 30.6. The van der Waals surface area contributed by atoms with Gasteiger partial charge < -0.3 is 30.1 Å². The highest BCUT2D eigenvalue weighted by molar-refractivity contribution is 6.35. The zero-order chi connectivity index (χ0) is 27.9. The van der Waals surface area contributed by atoms with Gasteiger partial charge in [-0.2, -0.15) is 0 Å². The van der Waals surface area contributed by atoms with E-state index >= 15 is 0 Å². The van der Waals surface area contributed by atoms with E-state index in [1.807, 2.05) is 31.2 Å². The number of aromatic hydroxyl groups is 1. The van der Waals surface area contributed by atoms with Gasteiger partial charge in [-0.25, -0.2) is 9.78 Å². The second-order valence-corrected chi connectivity index (χ2v) is 9.76. The number of H-pyrrole nitrogens is 1. The number of nitrogens with one attached hydrogen (secondary N) is 2. The number of halogens is 2. The van der Waals surface area contributed by atoms with Crippen molar-refractivity contribution >= 4 is 34.9 Å². The van der Waals surface area contributed by atoms with Crippen molar-refractivity contribution in [2.45, 2.75) is 26.0 Å². The maximum absolute atomic E-state index is 13.2. The predicted octanol–water partition coefficient (Wildman–Crippen LogP) is 6.41. The van der Waals surface area contributed by atoms with Crippen LogP contribution in [0.15, 0.2) is 73.1 Å². The summed E-state index contributed by atoms with van der Waals surface area (Å²) in [6.07, 6.45) is 2.80. The van der Waals surface area contributed by atoms with Crippen molar-refractivity contribution in [3.63, 3.8) is 0 Å². The van der Waals surface area contributed by atoms with Crippen LogP contribution in [0.2, 0.25) is 10.0 Å². The maximum atomic E-state index is 13.2.